The summed E-state index contributed by atoms with van der Waals surface area (Å²) in [5.41, 5.74) is 0. The summed E-state index contributed by atoms with van der Waals surface area (Å²) < 4.78 is 9.93. The molecular formula is C7H15O2. The molecule has 0 aromatic heterocycles. The van der Waals surface area contributed by atoms with E-state index in [4.69, 9.17) is 9.47 Å². The number of hydrogen-bond donors (Lipinski definition) is 0. The average molecular weight is 131 g/mol. The third-order valence-electron chi connectivity index (χ3n) is 1.33. The van der Waals surface area contributed by atoms with E-state index in [0.29, 0.717) is 0 Å². The second-order valence-electron chi connectivity index (χ2n) is 2.14. The molecule has 55 valence electrons. The lowest BCUT2D eigenvalue weighted by Crippen LogP contribution is -2.15. The Morgan fingerprint density at radius 1 is 1.33 bits per heavy atom. The van der Waals surface area contributed by atoms with Crippen molar-refractivity contribution in [2.24, 2.45) is 0 Å². The number of methoxy groups -OCH3 is 2. The quantitative estimate of drug-likeness (QED) is 0.572. The fourth-order valence-corrected chi connectivity index (χ4v) is 0.563. The minimum absolute atomic E-state index is 0.0555. The zero-order valence-electron chi connectivity index (χ0n) is 6.39. The van der Waals surface area contributed by atoms with Crippen LogP contribution < -0.4 is 0 Å². The second kappa shape index (κ2) is 4.77. The molecule has 0 aromatic carbocycles. The fraction of sp³-hybridized carbons (Fsp3) is 0.857. The predicted octanol–water partition coefficient (Wildman–Crippen LogP) is 1.26. The molecule has 0 fully saturated rings. The molecule has 0 aliphatic heterocycles. The summed E-state index contributed by atoms with van der Waals surface area (Å²) in [6.07, 6.45) is 1.15. The lowest BCUT2D eigenvalue weighted by atomic mass is 10.2. The van der Waals surface area contributed by atoms with Gasteiger partial charge in [0.05, 0.1) is 12.2 Å². The monoisotopic (exact) mass is 131 g/mol. The minimum atomic E-state index is 0.0555. The van der Waals surface area contributed by atoms with E-state index in [1.807, 2.05) is 6.92 Å². The number of hydrogen-bond acceptors (Lipinski definition) is 2. The Morgan fingerprint density at radius 2 is 1.89 bits per heavy atom. The van der Waals surface area contributed by atoms with Crippen LogP contribution in [0.1, 0.15) is 13.3 Å². The Balaban J connectivity index is 3.22. The minimum Gasteiger partial charge on any atom is -0.382 e. The fourth-order valence-electron chi connectivity index (χ4n) is 0.563. The molecule has 2 nitrogen and oxygen atoms in total. The summed E-state index contributed by atoms with van der Waals surface area (Å²) in [5, 5.41) is 0. The molecule has 0 bridgehead atoms. The van der Waals surface area contributed by atoms with Crippen molar-refractivity contribution in [3.63, 3.8) is 0 Å². The molecule has 0 saturated carbocycles. The highest BCUT2D eigenvalue weighted by molar-refractivity contribution is 4.63. The van der Waals surface area contributed by atoms with Crippen LogP contribution in [0.25, 0.3) is 0 Å². The van der Waals surface area contributed by atoms with Crippen LogP contribution in [-0.4, -0.2) is 26.4 Å². The highest BCUT2D eigenvalue weighted by Gasteiger charge is 2.04. The van der Waals surface area contributed by atoms with Gasteiger partial charge in [-0.3, -0.25) is 0 Å². The first-order chi connectivity index (χ1) is 4.20. The highest BCUT2D eigenvalue weighted by atomic mass is 16.5. The molecular weight excluding hydrogens is 116 g/mol. The second-order valence-corrected chi connectivity index (χ2v) is 2.14. The van der Waals surface area contributed by atoms with Crippen LogP contribution in [0.5, 0.6) is 0 Å². The van der Waals surface area contributed by atoms with Crippen molar-refractivity contribution in [3.8, 4) is 0 Å². The van der Waals surface area contributed by atoms with E-state index in [2.05, 4.69) is 6.92 Å². The first-order valence-electron chi connectivity index (χ1n) is 3.09. The van der Waals surface area contributed by atoms with Gasteiger partial charge in [0.15, 0.2) is 0 Å². The van der Waals surface area contributed by atoms with Gasteiger partial charge in [-0.1, -0.05) is 0 Å². The van der Waals surface area contributed by atoms with Crippen LogP contribution in [0, 0.1) is 6.92 Å². The molecule has 0 aromatic rings. The van der Waals surface area contributed by atoms with E-state index in [9.17, 15) is 0 Å². The molecule has 0 spiro atoms. The maximum absolute atomic E-state index is 5.00. The van der Waals surface area contributed by atoms with Gasteiger partial charge in [-0.25, -0.2) is 0 Å². The van der Waals surface area contributed by atoms with Crippen molar-refractivity contribution in [1.82, 2.24) is 0 Å². The molecule has 0 heterocycles. The summed E-state index contributed by atoms with van der Waals surface area (Å²) in [6, 6.07) is 0. The third kappa shape index (κ3) is 4.43. The van der Waals surface area contributed by atoms with Gasteiger partial charge in [0.2, 0.25) is 0 Å². The van der Waals surface area contributed by atoms with Gasteiger partial charge in [-0.15, -0.1) is 0 Å². The first kappa shape index (κ1) is 8.92. The molecule has 0 saturated heterocycles. The molecule has 0 rings (SSSR count). The average Bonchev–Trinajstić information content (AvgIpc) is 1.87. The van der Waals surface area contributed by atoms with Crippen molar-refractivity contribution < 1.29 is 9.47 Å². The predicted molar refractivity (Wildman–Crippen MR) is 37.2 cm³/mol. The molecule has 1 radical (unpaired) electrons. The van der Waals surface area contributed by atoms with Crippen molar-refractivity contribution >= 4 is 0 Å². The third-order valence-corrected chi connectivity index (χ3v) is 1.33. The van der Waals surface area contributed by atoms with Crippen molar-refractivity contribution in [2.45, 2.75) is 25.6 Å². The molecule has 9 heavy (non-hydrogen) atoms. The van der Waals surface area contributed by atoms with Gasteiger partial charge in [0.1, 0.15) is 0 Å². The van der Waals surface area contributed by atoms with Crippen LogP contribution in [0.2, 0.25) is 0 Å². The van der Waals surface area contributed by atoms with Crippen molar-refractivity contribution in [3.05, 3.63) is 6.92 Å². The number of ether oxygens (including phenoxy) is 2. The molecule has 0 aliphatic carbocycles. The van der Waals surface area contributed by atoms with Crippen LogP contribution >= 0.6 is 0 Å². The van der Waals surface area contributed by atoms with Gasteiger partial charge < -0.3 is 9.47 Å². The Morgan fingerprint density at radius 3 is 2.22 bits per heavy atom. The highest BCUT2D eigenvalue weighted by Crippen LogP contribution is 2.01. The Hall–Kier alpha value is -0.0800. The Bertz CT molecular complexity index is 55.9. The smallest absolute Gasteiger partial charge is 0.0596 e. The van der Waals surface area contributed by atoms with Gasteiger partial charge in [-0.2, -0.15) is 0 Å². The Labute approximate surface area is 57.2 Å². The molecule has 0 aliphatic rings. The molecule has 0 N–H and O–H groups in total. The zero-order chi connectivity index (χ0) is 7.28. The summed E-state index contributed by atoms with van der Waals surface area (Å²) in [6.45, 7) is 5.74. The molecule has 0 amide bonds. The normalized spacial score (nSPS) is 17.3. The maximum Gasteiger partial charge on any atom is 0.0596 e. The summed E-state index contributed by atoms with van der Waals surface area (Å²) in [4.78, 5) is 0. The molecule has 2 heteroatoms. The maximum atomic E-state index is 5.00. The zero-order valence-corrected chi connectivity index (χ0v) is 6.39. The standard InChI is InChI=1S/C7H15O2/c1-6(8-3)5-7(2)9-4/h6-7H,1,5H2,2-4H3. The van der Waals surface area contributed by atoms with Crippen LogP contribution in [0.15, 0.2) is 0 Å². The van der Waals surface area contributed by atoms with Gasteiger partial charge in [0.25, 0.3) is 0 Å². The summed E-state index contributed by atoms with van der Waals surface area (Å²) >= 11 is 0. The van der Waals surface area contributed by atoms with E-state index >= 15 is 0 Å². The van der Waals surface area contributed by atoms with E-state index in [-0.39, 0.29) is 12.2 Å². The largest absolute Gasteiger partial charge is 0.382 e. The summed E-state index contributed by atoms with van der Waals surface area (Å²) in [5.74, 6) is 0. The van der Waals surface area contributed by atoms with Gasteiger partial charge in [0, 0.05) is 14.2 Å². The summed E-state index contributed by atoms with van der Waals surface area (Å²) in [7, 11) is 3.34. The van der Waals surface area contributed by atoms with Crippen molar-refractivity contribution in [2.75, 3.05) is 14.2 Å². The van der Waals surface area contributed by atoms with Crippen LogP contribution in [0.3, 0.4) is 0 Å². The van der Waals surface area contributed by atoms with Crippen LogP contribution in [-0.2, 0) is 9.47 Å². The van der Waals surface area contributed by atoms with Gasteiger partial charge in [-0.05, 0) is 20.3 Å². The van der Waals surface area contributed by atoms with Crippen molar-refractivity contribution in [1.29, 1.82) is 0 Å². The molecule has 2 unspecified atom stereocenters. The Kier molecular flexibility index (Phi) is 4.72. The van der Waals surface area contributed by atoms with E-state index in [1.165, 1.54) is 0 Å². The van der Waals surface area contributed by atoms with E-state index in [1.54, 1.807) is 14.2 Å². The van der Waals surface area contributed by atoms with E-state index < -0.39 is 0 Å². The lowest BCUT2D eigenvalue weighted by molar-refractivity contribution is 0.0507. The topological polar surface area (TPSA) is 18.5 Å². The number of rotatable bonds is 4. The first-order valence-corrected chi connectivity index (χ1v) is 3.09. The van der Waals surface area contributed by atoms with E-state index in [0.717, 1.165) is 6.42 Å². The van der Waals surface area contributed by atoms with Crippen LogP contribution in [0.4, 0.5) is 0 Å². The molecule has 2 atom stereocenters. The lowest BCUT2D eigenvalue weighted by Gasteiger charge is -2.13. The SMILES string of the molecule is [CH2]C(CC(C)OC)OC. The van der Waals surface area contributed by atoms with Gasteiger partial charge >= 0.3 is 0 Å².